The predicted molar refractivity (Wildman–Crippen MR) is 532 cm³/mol. The molecule has 25 nitrogen and oxygen atoms in total. The maximum Gasteiger partial charge on any atom is 0.317 e. The molecule has 0 spiro atoms. The highest BCUT2D eigenvalue weighted by atomic mass is 32.1. The van der Waals surface area contributed by atoms with Gasteiger partial charge in [-0.1, -0.05) is 243 Å². The van der Waals surface area contributed by atoms with E-state index >= 15 is 0 Å². The molecule has 4 aromatic rings. The van der Waals surface area contributed by atoms with Gasteiger partial charge in [-0.25, -0.2) is 19.2 Å². The van der Waals surface area contributed by atoms with E-state index in [-0.39, 0.29) is 117 Å². The van der Waals surface area contributed by atoms with Gasteiger partial charge in [-0.15, -0.1) is 0 Å². The number of aliphatic hydroxyl groups is 1. The standard InChI is InChI=1S/3C26H43N3O3.C25H41N3O4.2H2S/c1-31-16-9-17-32-25(22-12-6-3-7-13-22)23-14-8-15-29(20-23)26(30)28-19-24(27)18-21-10-4-2-5-11-21;1-31-16-9-17-32-25(22-12-6-3-7-13-22)23-14-8-15-29(20-23)26(30)28-24(19-27)18-21-10-4-2-5-11-21;1-32-17-8-7-15-26(31,22-12-3-2-4-13-22)23-14-9-16-29(20-23)25(30)28-24(19-27)18-21-10-5-6-11-21;1-30-14-8-15-32-24(21-11-6-3-7-12-21)23-19-28(13-16-31-23)25(29)27-22(18-26)17-20-9-4-2-5-10-20;;/h2*3,6-7,12-13,21,23-25H,2,4-5,8-11,14-20,27H2,1H3,(H,28,30);2-4,12-13,21,23-24,31H,5-11,14-20,27H2,1H3,(H,28,30);3,6-7,11-12,20,22-24H,2,4-5,8-10,13-19,26H2,1H3,(H,27,29);2*1H2/t2*23-,24+,25+;23-,24+,26-;22-,23+,24-;;/m1110../s1. The van der Waals surface area contributed by atoms with E-state index in [9.17, 15) is 24.3 Å². The molecule has 4 heterocycles. The quantitative estimate of drug-likeness (QED) is 0.0186. The number of methoxy groups -OCH3 is 4. The van der Waals surface area contributed by atoms with E-state index in [0.717, 1.165) is 140 Å². The second-order valence-corrected chi connectivity index (χ2v) is 37.9. The van der Waals surface area contributed by atoms with Crippen LogP contribution in [0.2, 0.25) is 0 Å². The summed E-state index contributed by atoms with van der Waals surface area (Å²) in [5.74, 6) is 3.39. The average molecular weight is 1850 g/mol. The smallest absolute Gasteiger partial charge is 0.317 e. The van der Waals surface area contributed by atoms with Crippen molar-refractivity contribution in [2.45, 2.75) is 279 Å². The number of nitrogens with one attached hydrogen (secondary N) is 4. The summed E-state index contributed by atoms with van der Waals surface area (Å²) in [5.41, 5.74) is 27.8. The van der Waals surface area contributed by atoms with Gasteiger partial charge in [0.1, 0.15) is 12.2 Å². The highest BCUT2D eigenvalue weighted by Gasteiger charge is 2.43. The molecule has 4 aromatic carbocycles. The first kappa shape index (κ1) is 111. The average Bonchev–Trinajstić information content (AvgIpc) is 0.835. The van der Waals surface area contributed by atoms with Crippen LogP contribution in [-0.4, -0.2) is 239 Å². The summed E-state index contributed by atoms with van der Waals surface area (Å²) in [4.78, 5) is 59.9. The number of hydrogen-bond donors (Lipinski definition) is 9. The van der Waals surface area contributed by atoms with Gasteiger partial charge in [0.15, 0.2) is 0 Å². The van der Waals surface area contributed by atoms with Crippen LogP contribution in [-0.2, 0) is 43.5 Å². The third kappa shape index (κ3) is 39.5. The summed E-state index contributed by atoms with van der Waals surface area (Å²) in [5, 5.41) is 24.6. The molecule has 8 amide bonds. The maximum atomic E-state index is 13.1. The van der Waals surface area contributed by atoms with E-state index in [1.165, 1.54) is 133 Å². The van der Waals surface area contributed by atoms with E-state index in [4.69, 9.17) is 60.8 Å². The third-order valence-electron chi connectivity index (χ3n) is 28.1. The first-order valence-corrected chi connectivity index (χ1v) is 50.1. The Morgan fingerprint density at radius 1 is 0.400 bits per heavy atom. The Balaban J connectivity index is 0.000000236. The van der Waals surface area contributed by atoms with Gasteiger partial charge in [-0.05, 0) is 149 Å². The molecule has 12 atom stereocenters. The van der Waals surface area contributed by atoms with Gasteiger partial charge < -0.3 is 107 Å². The number of morpholine rings is 1. The maximum absolute atomic E-state index is 13.1. The molecule has 0 unspecified atom stereocenters. The lowest BCUT2D eigenvalue weighted by atomic mass is 9.74. The van der Waals surface area contributed by atoms with Crippen LogP contribution in [0.25, 0.3) is 0 Å². The molecular weight excluding hydrogens is 1680 g/mol. The van der Waals surface area contributed by atoms with E-state index < -0.39 is 5.60 Å². The van der Waals surface area contributed by atoms with Crippen molar-refractivity contribution >= 4 is 51.1 Å². The minimum atomic E-state index is -0.939. The molecule has 4 aliphatic heterocycles. The number of nitrogens with two attached hydrogens (primary N) is 4. The lowest BCUT2D eigenvalue weighted by Gasteiger charge is -2.43. The number of hydrogen-bond acceptors (Lipinski definition) is 17. The van der Waals surface area contributed by atoms with Gasteiger partial charge in [0, 0.05) is 189 Å². The summed E-state index contributed by atoms with van der Waals surface area (Å²) in [6, 6.07) is 41.1. The fourth-order valence-electron chi connectivity index (χ4n) is 21.0. The number of urea groups is 4. The first-order valence-electron chi connectivity index (χ1n) is 50.1. The number of carbonyl (C=O) groups is 4. The second kappa shape index (κ2) is 65.0. The molecule has 4 saturated heterocycles. The van der Waals surface area contributed by atoms with Crippen LogP contribution in [0, 0.1) is 41.4 Å². The van der Waals surface area contributed by atoms with Crippen molar-refractivity contribution in [2.75, 3.05) is 160 Å². The Morgan fingerprint density at radius 2 is 0.746 bits per heavy atom. The van der Waals surface area contributed by atoms with E-state index in [1.807, 2.05) is 80.3 Å². The molecule has 4 saturated carbocycles. The van der Waals surface area contributed by atoms with Gasteiger partial charge in [-0.2, -0.15) is 27.0 Å². The van der Waals surface area contributed by atoms with E-state index in [2.05, 4.69) is 81.9 Å². The summed E-state index contributed by atoms with van der Waals surface area (Å²) in [6.45, 7) is 12.6. The van der Waals surface area contributed by atoms with Crippen LogP contribution in [0.5, 0.6) is 0 Å². The second-order valence-electron chi connectivity index (χ2n) is 37.9. The van der Waals surface area contributed by atoms with Crippen LogP contribution in [0.15, 0.2) is 121 Å². The number of carbonyl (C=O) groups excluding carboxylic acids is 4. The largest absolute Gasteiger partial charge is 0.385 e. The zero-order chi connectivity index (χ0) is 90.6. The Morgan fingerprint density at radius 3 is 1.15 bits per heavy atom. The van der Waals surface area contributed by atoms with Gasteiger partial charge in [-0.3, -0.25) is 0 Å². The fourth-order valence-corrected chi connectivity index (χ4v) is 21.0. The van der Waals surface area contributed by atoms with E-state index in [1.54, 1.807) is 28.4 Å². The third-order valence-corrected chi connectivity index (χ3v) is 28.1. The summed E-state index contributed by atoms with van der Waals surface area (Å²) in [7, 11) is 6.84. The molecule has 8 aliphatic rings. The number of rotatable bonds is 44. The van der Waals surface area contributed by atoms with Crippen molar-refractivity contribution in [3.8, 4) is 0 Å². The number of amides is 8. The van der Waals surface area contributed by atoms with E-state index in [0.29, 0.717) is 129 Å². The van der Waals surface area contributed by atoms with Crippen LogP contribution >= 0.6 is 27.0 Å². The zero-order valence-corrected chi connectivity index (χ0v) is 82.0. The highest BCUT2D eigenvalue weighted by Crippen LogP contribution is 2.42. The molecule has 27 heteroatoms. The minimum Gasteiger partial charge on any atom is -0.385 e. The summed E-state index contributed by atoms with van der Waals surface area (Å²) >= 11 is 0. The number of piperidine rings is 3. The van der Waals surface area contributed by atoms with Crippen LogP contribution in [0.4, 0.5) is 19.2 Å². The number of likely N-dealkylation sites (tertiary alicyclic amines) is 3. The number of unbranched alkanes of at least 4 members (excludes halogenated alkanes) is 1. The molecule has 0 bridgehead atoms. The predicted octanol–water partition coefficient (Wildman–Crippen LogP) is 16.7. The first-order chi connectivity index (χ1) is 62.6. The molecule has 736 valence electrons. The zero-order valence-electron chi connectivity index (χ0n) is 80.0. The van der Waals surface area contributed by atoms with Crippen LogP contribution in [0.3, 0.4) is 0 Å². The molecule has 13 N–H and O–H groups in total. The number of benzene rings is 4. The molecule has 12 rings (SSSR count). The van der Waals surface area contributed by atoms with Crippen molar-refractivity contribution in [3.05, 3.63) is 144 Å². The Bertz CT molecular complexity index is 3450. The molecular formula is C103H174N12O13S2. The molecule has 4 aliphatic carbocycles. The Kier molecular flexibility index (Phi) is 55.6. The van der Waals surface area contributed by atoms with Gasteiger partial charge in [0.2, 0.25) is 0 Å². The van der Waals surface area contributed by atoms with Gasteiger partial charge in [0.25, 0.3) is 0 Å². The van der Waals surface area contributed by atoms with Gasteiger partial charge >= 0.3 is 24.1 Å². The van der Waals surface area contributed by atoms with Crippen molar-refractivity contribution in [1.29, 1.82) is 0 Å². The number of nitrogens with zero attached hydrogens (tertiary/aromatic N) is 4. The molecule has 0 radical (unpaired) electrons. The van der Waals surface area contributed by atoms with Crippen molar-refractivity contribution in [2.24, 2.45) is 64.4 Å². The summed E-state index contributed by atoms with van der Waals surface area (Å²) in [6.07, 6.45) is 39.2. The Hall–Kier alpha value is -5.86. The minimum absolute atomic E-state index is 0. The van der Waals surface area contributed by atoms with Crippen molar-refractivity contribution < 1.29 is 62.2 Å². The SMILES string of the molecule is COCCCC[C@@](O)(c1ccccc1)[C@@H]1CCCN(C(=O)N[C@H](CN)CC2CCCC2)C1.COCCCO[C@@H](c1ccccc1)[C@@H]1CCCN(C(=O)NC[C@@H](N)CC2CCCCC2)C1.COCCCO[C@@H](c1ccccc1)[C@@H]1CCCN(C(=O)N[C@H](CN)CC2CCCCC2)C1.COCCCO[C@@H](c1ccccc1)[C@H]1CN(C(=O)N[C@H](CN)CC2CCCCC2)CCO1.S.S. The van der Waals surface area contributed by atoms with Crippen LogP contribution in [0.1, 0.15) is 265 Å². The highest BCUT2D eigenvalue weighted by molar-refractivity contribution is 7.59. The summed E-state index contributed by atoms with van der Waals surface area (Å²) < 4.78 is 45.6. The lowest BCUT2D eigenvalue weighted by Crippen LogP contribution is -2.54. The molecule has 130 heavy (non-hydrogen) atoms. The van der Waals surface area contributed by atoms with Crippen molar-refractivity contribution in [3.63, 3.8) is 0 Å². The van der Waals surface area contributed by atoms with Gasteiger partial charge in [0.05, 0.1) is 31.0 Å². The molecule has 8 fully saturated rings. The lowest BCUT2D eigenvalue weighted by molar-refractivity contribution is -0.107. The fraction of sp³-hybridized carbons (Fsp3) is 0.728. The monoisotopic (exact) mass is 1850 g/mol. The number of ether oxygens (including phenoxy) is 8. The normalized spacial score (nSPS) is 21.6. The topological polar surface area (TPSA) is 328 Å². The van der Waals surface area contributed by atoms with Crippen molar-refractivity contribution in [1.82, 2.24) is 40.9 Å². The Labute approximate surface area is 796 Å². The van der Waals surface area contributed by atoms with Crippen LogP contribution < -0.4 is 44.2 Å². The molecule has 0 aromatic heterocycles.